The molecular formula is C24H23ClF4N4O3S. The Morgan fingerprint density at radius 1 is 1.19 bits per heavy atom. The molecule has 2 aliphatic rings. The van der Waals surface area contributed by atoms with Gasteiger partial charge in [0.1, 0.15) is 5.82 Å². The number of fused-ring (bicyclic) bond motifs is 1. The predicted molar refractivity (Wildman–Crippen MR) is 129 cm³/mol. The van der Waals surface area contributed by atoms with Gasteiger partial charge in [-0.1, -0.05) is 17.7 Å². The molecule has 2 fully saturated rings. The maximum Gasteiger partial charge on any atom is 0.416 e. The van der Waals surface area contributed by atoms with E-state index in [4.69, 9.17) is 11.6 Å². The molecule has 1 N–H and O–H groups in total. The Kier molecular flexibility index (Phi) is 6.48. The van der Waals surface area contributed by atoms with E-state index in [1.54, 1.807) is 11.6 Å². The zero-order valence-corrected chi connectivity index (χ0v) is 21.2. The number of aryl methyl sites for hydroxylation is 1. The number of nitrogens with one attached hydrogen (secondary N) is 1. The molecule has 1 saturated carbocycles. The van der Waals surface area contributed by atoms with Gasteiger partial charge in [0.05, 0.1) is 33.6 Å². The van der Waals surface area contributed by atoms with Crippen molar-refractivity contribution < 1.29 is 30.8 Å². The summed E-state index contributed by atoms with van der Waals surface area (Å²) in [5.41, 5.74) is -0.118. The molecule has 13 heteroatoms. The van der Waals surface area contributed by atoms with E-state index in [1.807, 2.05) is 9.62 Å². The number of halogens is 5. The molecule has 1 aliphatic carbocycles. The molecule has 7 nitrogen and oxygen atoms in total. The van der Waals surface area contributed by atoms with Crippen LogP contribution in [0.3, 0.4) is 0 Å². The van der Waals surface area contributed by atoms with Crippen molar-refractivity contribution in [2.75, 3.05) is 13.1 Å². The monoisotopic (exact) mass is 558 g/mol. The third-order valence-corrected chi connectivity index (χ3v) is 8.84. The van der Waals surface area contributed by atoms with Crippen LogP contribution in [0, 0.1) is 12.7 Å². The molecule has 37 heavy (non-hydrogen) atoms. The van der Waals surface area contributed by atoms with E-state index in [0.717, 1.165) is 12.1 Å². The van der Waals surface area contributed by atoms with E-state index in [1.165, 1.54) is 18.2 Å². The maximum atomic E-state index is 15.0. The van der Waals surface area contributed by atoms with Crippen LogP contribution in [0.4, 0.5) is 17.6 Å². The third kappa shape index (κ3) is 5.19. The van der Waals surface area contributed by atoms with E-state index >= 15 is 0 Å². The number of hydrogen-bond donors (Lipinski definition) is 1. The van der Waals surface area contributed by atoms with Gasteiger partial charge in [0.15, 0.2) is 0 Å². The molecule has 1 aromatic heterocycles. The fourth-order valence-corrected chi connectivity index (χ4v) is 6.22. The number of likely N-dealkylation sites (tertiary alicyclic amines) is 1. The minimum absolute atomic E-state index is 0.00840. The number of nitrogens with zero attached hydrogens (tertiary/aromatic N) is 3. The van der Waals surface area contributed by atoms with Crippen LogP contribution in [-0.2, 0) is 22.7 Å². The second-order valence-electron chi connectivity index (χ2n) is 9.53. The van der Waals surface area contributed by atoms with Gasteiger partial charge in [0.25, 0.3) is 5.91 Å². The first-order valence-corrected chi connectivity index (χ1v) is 13.6. The van der Waals surface area contributed by atoms with E-state index in [0.29, 0.717) is 48.9 Å². The van der Waals surface area contributed by atoms with Gasteiger partial charge < -0.3 is 0 Å². The van der Waals surface area contributed by atoms with Crippen LogP contribution in [0.15, 0.2) is 30.3 Å². The predicted octanol–water partition coefficient (Wildman–Crippen LogP) is 4.83. The number of carbonyl (C=O) groups excluding carboxylic acids is 1. The van der Waals surface area contributed by atoms with Crippen LogP contribution < -0.4 is 4.72 Å². The minimum atomic E-state index is -4.53. The number of benzene rings is 2. The first kappa shape index (κ1) is 25.9. The van der Waals surface area contributed by atoms with Crippen molar-refractivity contribution in [1.82, 2.24) is 19.4 Å². The molecule has 2 heterocycles. The smallest absolute Gasteiger partial charge is 0.297 e. The Morgan fingerprint density at radius 2 is 1.92 bits per heavy atom. The van der Waals surface area contributed by atoms with E-state index in [-0.39, 0.29) is 23.2 Å². The highest BCUT2D eigenvalue weighted by Crippen LogP contribution is 2.36. The lowest BCUT2D eigenvalue weighted by Crippen LogP contribution is -2.33. The molecule has 0 radical (unpaired) electrons. The number of carbonyl (C=O) groups is 1. The van der Waals surface area contributed by atoms with Crippen LogP contribution in [-0.4, -0.2) is 47.3 Å². The molecule has 2 aromatic carbocycles. The number of hydrogen-bond acceptors (Lipinski definition) is 5. The fourth-order valence-electron chi connectivity index (χ4n) is 4.76. The van der Waals surface area contributed by atoms with Gasteiger partial charge in [-0.3, -0.25) is 14.4 Å². The average Bonchev–Trinajstić information content (AvgIpc) is 3.50. The summed E-state index contributed by atoms with van der Waals surface area (Å²) in [6, 6.07) is 5.93. The van der Waals surface area contributed by atoms with E-state index < -0.39 is 44.3 Å². The van der Waals surface area contributed by atoms with Crippen LogP contribution in [0.1, 0.15) is 52.5 Å². The molecule has 198 valence electrons. The molecule has 1 aliphatic heterocycles. The summed E-state index contributed by atoms with van der Waals surface area (Å²) < 4.78 is 83.2. The van der Waals surface area contributed by atoms with Crippen LogP contribution in [0.5, 0.6) is 0 Å². The number of amides is 1. The van der Waals surface area contributed by atoms with Gasteiger partial charge in [-0.25, -0.2) is 17.5 Å². The first-order valence-electron chi connectivity index (χ1n) is 11.7. The first-order chi connectivity index (χ1) is 17.3. The zero-order chi connectivity index (χ0) is 26.7. The minimum Gasteiger partial charge on any atom is -0.297 e. The summed E-state index contributed by atoms with van der Waals surface area (Å²) in [5, 5.41) is 4.39. The largest absolute Gasteiger partial charge is 0.416 e. The second-order valence-corrected chi connectivity index (χ2v) is 11.9. The van der Waals surface area contributed by atoms with Crippen LogP contribution >= 0.6 is 11.6 Å². The summed E-state index contributed by atoms with van der Waals surface area (Å²) in [6.45, 7) is 2.65. The van der Waals surface area contributed by atoms with Gasteiger partial charge in [-0.2, -0.15) is 18.3 Å². The fraction of sp³-hybridized carbons (Fsp3) is 0.417. The van der Waals surface area contributed by atoms with Crippen molar-refractivity contribution >= 4 is 38.4 Å². The van der Waals surface area contributed by atoms with Gasteiger partial charge in [0.2, 0.25) is 10.0 Å². The topological polar surface area (TPSA) is 84.3 Å². The molecule has 1 saturated heterocycles. The maximum absolute atomic E-state index is 15.0. The Labute approximate surface area is 215 Å². The van der Waals surface area contributed by atoms with Gasteiger partial charge >= 0.3 is 6.18 Å². The van der Waals surface area contributed by atoms with Crippen molar-refractivity contribution in [3.8, 4) is 0 Å². The Bertz CT molecular complexity index is 1500. The molecule has 5 rings (SSSR count). The molecular weight excluding hydrogens is 536 g/mol. The number of aromatic nitrogens is 2. The molecule has 0 bridgehead atoms. The Morgan fingerprint density at radius 3 is 2.59 bits per heavy atom. The standard InChI is InChI=1S/C24H23ClF4N4O3S/c1-13-18-9-19(23(34)31-37(35,36)17-4-5-17)21(26)10-22(18)33(30-13)16-6-7-32(12-16)11-14-2-3-15(25)8-20(14)24(27,28)29/h2-3,8-10,16-17H,4-7,11-12H2,1H3,(H,31,34)/t16-/m1/s1. The zero-order valence-electron chi connectivity index (χ0n) is 19.6. The van der Waals surface area contributed by atoms with Crippen LogP contribution in [0.2, 0.25) is 5.02 Å². The normalized spacial score (nSPS) is 19.0. The Hall–Kier alpha value is -2.70. The van der Waals surface area contributed by atoms with Crippen molar-refractivity contribution in [3.05, 3.63) is 63.6 Å². The Balaban J connectivity index is 1.37. The lowest BCUT2D eigenvalue weighted by Gasteiger charge is -2.20. The summed E-state index contributed by atoms with van der Waals surface area (Å²) >= 11 is 5.78. The third-order valence-electron chi connectivity index (χ3n) is 6.79. The quantitative estimate of drug-likeness (QED) is 0.438. The molecule has 1 amide bonds. The van der Waals surface area contributed by atoms with Crippen LogP contribution in [0.25, 0.3) is 10.9 Å². The molecule has 0 spiro atoms. The second kappa shape index (κ2) is 9.25. The summed E-state index contributed by atoms with van der Waals surface area (Å²) in [6.07, 6.45) is -3.03. The van der Waals surface area contributed by atoms with Crippen molar-refractivity contribution in [1.29, 1.82) is 0 Å². The highest BCUT2D eigenvalue weighted by atomic mass is 35.5. The summed E-state index contributed by atoms with van der Waals surface area (Å²) in [4.78, 5) is 14.4. The van der Waals surface area contributed by atoms with Crippen molar-refractivity contribution in [3.63, 3.8) is 0 Å². The van der Waals surface area contributed by atoms with Crippen molar-refractivity contribution in [2.24, 2.45) is 0 Å². The molecule has 1 atom stereocenters. The average molecular weight is 559 g/mol. The summed E-state index contributed by atoms with van der Waals surface area (Å²) in [7, 11) is -3.84. The van der Waals surface area contributed by atoms with Gasteiger partial charge in [-0.15, -0.1) is 0 Å². The van der Waals surface area contributed by atoms with Crippen molar-refractivity contribution in [2.45, 2.75) is 50.2 Å². The van der Waals surface area contributed by atoms with E-state index in [9.17, 15) is 30.8 Å². The number of rotatable bonds is 6. The van der Waals surface area contributed by atoms with E-state index in [2.05, 4.69) is 5.10 Å². The highest BCUT2D eigenvalue weighted by Gasteiger charge is 2.38. The summed E-state index contributed by atoms with van der Waals surface area (Å²) in [5.74, 6) is -1.92. The molecule has 3 aromatic rings. The lowest BCUT2D eigenvalue weighted by atomic mass is 10.1. The lowest BCUT2D eigenvalue weighted by molar-refractivity contribution is -0.138. The SMILES string of the molecule is Cc1nn([C@@H]2CCN(Cc3ccc(Cl)cc3C(F)(F)F)C2)c2cc(F)c(C(=O)NS(=O)(=O)C3CC3)cc12. The molecule has 0 unspecified atom stereocenters. The highest BCUT2D eigenvalue weighted by molar-refractivity contribution is 7.91. The number of alkyl halides is 3. The van der Waals surface area contributed by atoms with Gasteiger partial charge in [-0.05, 0) is 49.9 Å². The number of sulfonamides is 1. The van der Waals surface area contributed by atoms with Gasteiger partial charge in [0, 0.05) is 36.1 Å².